The third-order valence-corrected chi connectivity index (χ3v) is 5.04. The van der Waals surface area contributed by atoms with E-state index in [1.807, 2.05) is 11.7 Å². The molecule has 1 aliphatic rings. The molecule has 0 aromatic carbocycles. The SMILES string of the molecule is CCc1nn(C)c(CC)c1CN1CCCCC1CNC(=O)CCN. The highest BCUT2D eigenvalue weighted by atomic mass is 16.1. The van der Waals surface area contributed by atoms with Crippen LogP contribution in [0.25, 0.3) is 0 Å². The molecular formula is C18H33N5O. The summed E-state index contributed by atoms with van der Waals surface area (Å²) in [4.78, 5) is 14.3. The molecule has 0 spiro atoms. The van der Waals surface area contributed by atoms with E-state index in [9.17, 15) is 4.79 Å². The van der Waals surface area contributed by atoms with Crippen LogP contribution in [-0.4, -0.2) is 46.3 Å². The van der Waals surface area contributed by atoms with Crippen molar-refractivity contribution in [3.8, 4) is 0 Å². The van der Waals surface area contributed by atoms with Gasteiger partial charge in [-0.25, -0.2) is 0 Å². The Balaban J connectivity index is 2.07. The summed E-state index contributed by atoms with van der Waals surface area (Å²) in [5, 5.41) is 7.75. The standard InChI is InChI=1S/C18H33N5O/c1-4-16-15(17(5-2)22(3)21-16)13-23-11-7-6-8-14(23)12-20-18(24)9-10-19/h14H,4-13,19H2,1-3H3,(H,20,24). The molecule has 6 heteroatoms. The molecule has 1 aliphatic heterocycles. The Hall–Kier alpha value is -1.40. The number of amides is 1. The molecule has 1 saturated heterocycles. The maximum atomic E-state index is 11.7. The molecule has 1 unspecified atom stereocenters. The summed E-state index contributed by atoms with van der Waals surface area (Å²) in [7, 11) is 2.04. The Labute approximate surface area is 145 Å². The fourth-order valence-electron chi connectivity index (χ4n) is 3.73. The topological polar surface area (TPSA) is 76.2 Å². The monoisotopic (exact) mass is 335 g/mol. The minimum Gasteiger partial charge on any atom is -0.354 e. The fraction of sp³-hybridized carbons (Fsp3) is 0.778. The number of likely N-dealkylation sites (tertiary alicyclic amines) is 1. The van der Waals surface area contributed by atoms with Gasteiger partial charge < -0.3 is 11.1 Å². The molecule has 0 bridgehead atoms. The van der Waals surface area contributed by atoms with E-state index in [2.05, 4.69) is 24.1 Å². The quantitative estimate of drug-likeness (QED) is 0.752. The molecule has 1 aromatic rings. The lowest BCUT2D eigenvalue weighted by Crippen LogP contribution is -2.46. The number of hydrogen-bond donors (Lipinski definition) is 2. The van der Waals surface area contributed by atoms with Crippen LogP contribution in [0.5, 0.6) is 0 Å². The summed E-state index contributed by atoms with van der Waals surface area (Å²) in [6.07, 6.45) is 6.00. The Morgan fingerprint density at radius 2 is 2.12 bits per heavy atom. The van der Waals surface area contributed by atoms with Gasteiger partial charge in [0, 0.05) is 50.4 Å². The highest BCUT2D eigenvalue weighted by Gasteiger charge is 2.25. The van der Waals surface area contributed by atoms with Crippen LogP contribution in [0, 0.1) is 0 Å². The normalized spacial score (nSPS) is 18.8. The minimum absolute atomic E-state index is 0.0629. The van der Waals surface area contributed by atoms with Crippen LogP contribution in [0.4, 0.5) is 0 Å². The van der Waals surface area contributed by atoms with Gasteiger partial charge in [0.15, 0.2) is 0 Å². The van der Waals surface area contributed by atoms with Crippen molar-refractivity contribution < 1.29 is 4.79 Å². The number of aryl methyl sites for hydroxylation is 2. The van der Waals surface area contributed by atoms with Crippen LogP contribution < -0.4 is 11.1 Å². The number of aromatic nitrogens is 2. The first-order valence-electron chi connectivity index (χ1n) is 9.35. The van der Waals surface area contributed by atoms with Gasteiger partial charge in [-0.2, -0.15) is 5.10 Å². The zero-order valence-corrected chi connectivity index (χ0v) is 15.5. The molecule has 1 atom stereocenters. The Morgan fingerprint density at radius 1 is 1.33 bits per heavy atom. The van der Waals surface area contributed by atoms with Crippen LogP contribution in [0.15, 0.2) is 0 Å². The maximum Gasteiger partial charge on any atom is 0.221 e. The van der Waals surface area contributed by atoms with Crippen molar-refractivity contribution in [2.45, 2.75) is 65.0 Å². The second-order valence-electron chi connectivity index (χ2n) is 6.67. The largest absolute Gasteiger partial charge is 0.354 e. The summed E-state index contributed by atoms with van der Waals surface area (Å²) in [6.45, 7) is 7.54. The number of carbonyl (C=O) groups is 1. The van der Waals surface area contributed by atoms with Crippen LogP contribution in [0.1, 0.15) is 56.5 Å². The van der Waals surface area contributed by atoms with Crippen LogP contribution in [0.2, 0.25) is 0 Å². The molecule has 6 nitrogen and oxygen atoms in total. The zero-order valence-electron chi connectivity index (χ0n) is 15.5. The van der Waals surface area contributed by atoms with Gasteiger partial charge in [0.05, 0.1) is 5.69 Å². The fourth-order valence-corrected chi connectivity index (χ4v) is 3.73. The van der Waals surface area contributed by atoms with E-state index < -0.39 is 0 Å². The predicted octanol–water partition coefficient (Wildman–Crippen LogP) is 1.36. The van der Waals surface area contributed by atoms with Crippen molar-refractivity contribution in [1.29, 1.82) is 0 Å². The Morgan fingerprint density at radius 3 is 2.79 bits per heavy atom. The zero-order chi connectivity index (χ0) is 17.5. The number of rotatable bonds is 8. The number of nitrogens with zero attached hydrogens (tertiary/aromatic N) is 3. The summed E-state index contributed by atoms with van der Waals surface area (Å²) >= 11 is 0. The average molecular weight is 335 g/mol. The molecule has 0 saturated carbocycles. The molecule has 2 rings (SSSR count). The Bertz CT molecular complexity index is 540. The Kier molecular flexibility index (Phi) is 7.24. The van der Waals surface area contributed by atoms with Gasteiger partial charge in [-0.1, -0.05) is 20.3 Å². The van der Waals surface area contributed by atoms with E-state index in [-0.39, 0.29) is 5.91 Å². The molecule has 136 valence electrons. The van der Waals surface area contributed by atoms with Crippen molar-refractivity contribution >= 4 is 5.91 Å². The lowest BCUT2D eigenvalue weighted by molar-refractivity contribution is -0.121. The predicted molar refractivity (Wildman–Crippen MR) is 96.7 cm³/mol. The summed E-state index contributed by atoms with van der Waals surface area (Å²) in [6, 6.07) is 0.412. The number of carbonyl (C=O) groups excluding carboxylic acids is 1. The van der Waals surface area contributed by atoms with Gasteiger partial charge in [0.25, 0.3) is 0 Å². The highest BCUT2D eigenvalue weighted by molar-refractivity contribution is 5.76. The molecule has 0 radical (unpaired) electrons. The van der Waals surface area contributed by atoms with E-state index in [0.717, 1.165) is 38.9 Å². The second kappa shape index (κ2) is 9.18. The third kappa shape index (κ3) is 4.57. The van der Waals surface area contributed by atoms with Gasteiger partial charge in [-0.05, 0) is 32.2 Å². The number of hydrogen-bond acceptors (Lipinski definition) is 4. The van der Waals surface area contributed by atoms with Gasteiger partial charge in [0.2, 0.25) is 5.91 Å². The van der Waals surface area contributed by atoms with Crippen molar-refractivity contribution in [3.05, 3.63) is 17.0 Å². The maximum absolute atomic E-state index is 11.7. The smallest absolute Gasteiger partial charge is 0.221 e. The van der Waals surface area contributed by atoms with Crippen LogP contribution in [-0.2, 0) is 31.2 Å². The van der Waals surface area contributed by atoms with Crippen molar-refractivity contribution in [2.75, 3.05) is 19.6 Å². The van der Waals surface area contributed by atoms with Gasteiger partial charge in [-0.15, -0.1) is 0 Å². The van der Waals surface area contributed by atoms with E-state index in [0.29, 0.717) is 19.0 Å². The minimum atomic E-state index is 0.0629. The molecule has 0 aliphatic carbocycles. The van der Waals surface area contributed by atoms with Crippen LogP contribution >= 0.6 is 0 Å². The van der Waals surface area contributed by atoms with E-state index in [4.69, 9.17) is 10.8 Å². The van der Waals surface area contributed by atoms with Crippen LogP contribution in [0.3, 0.4) is 0 Å². The molecule has 3 N–H and O–H groups in total. The van der Waals surface area contributed by atoms with E-state index in [1.54, 1.807) is 0 Å². The summed E-state index contributed by atoms with van der Waals surface area (Å²) in [5.41, 5.74) is 9.39. The summed E-state index contributed by atoms with van der Waals surface area (Å²) < 4.78 is 2.04. The average Bonchev–Trinajstić information content (AvgIpc) is 2.89. The lowest BCUT2D eigenvalue weighted by atomic mass is 9.99. The lowest BCUT2D eigenvalue weighted by Gasteiger charge is -2.36. The van der Waals surface area contributed by atoms with E-state index in [1.165, 1.54) is 29.8 Å². The second-order valence-corrected chi connectivity index (χ2v) is 6.67. The molecular weight excluding hydrogens is 302 g/mol. The molecule has 1 fully saturated rings. The molecule has 2 heterocycles. The molecule has 24 heavy (non-hydrogen) atoms. The van der Waals surface area contributed by atoms with Gasteiger partial charge >= 0.3 is 0 Å². The van der Waals surface area contributed by atoms with E-state index >= 15 is 0 Å². The van der Waals surface area contributed by atoms with Gasteiger partial charge in [-0.3, -0.25) is 14.4 Å². The summed E-state index contributed by atoms with van der Waals surface area (Å²) in [5.74, 6) is 0.0629. The first-order valence-corrected chi connectivity index (χ1v) is 9.35. The van der Waals surface area contributed by atoms with Crippen molar-refractivity contribution in [3.63, 3.8) is 0 Å². The number of nitrogens with two attached hydrogens (primary N) is 1. The molecule has 1 amide bonds. The van der Waals surface area contributed by atoms with Gasteiger partial charge in [0.1, 0.15) is 0 Å². The highest BCUT2D eigenvalue weighted by Crippen LogP contribution is 2.23. The third-order valence-electron chi connectivity index (χ3n) is 5.04. The first kappa shape index (κ1) is 18.9. The van der Waals surface area contributed by atoms with Crippen molar-refractivity contribution in [2.24, 2.45) is 12.8 Å². The number of piperidine rings is 1. The van der Waals surface area contributed by atoms with Crippen molar-refractivity contribution in [1.82, 2.24) is 20.0 Å². The number of nitrogens with one attached hydrogen (secondary N) is 1. The first-order chi connectivity index (χ1) is 11.6. The molecule has 1 aromatic heterocycles.